The zero-order valence-corrected chi connectivity index (χ0v) is 14.8. The van der Waals surface area contributed by atoms with Crippen molar-refractivity contribution in [3.8, 4) is 0 Å². The summed E-state index contributed by atoms with van der Waals surface area (Å²) in [5.74, 6) is 0.952. The average molecular weight is 283 g/mol. The van der Waals surface area contributed by atoms with Gasteiger partial charge in [-0.05, 0) is 70.0 Å². The Kier molecular flexibility index (Phi) is 7.53. The summed E-state index contributed by atoms with van der Waals surface area (Å²) in [6, 6.07) is 1.46. The SMILES string of the molecule is CCCNC(CCN(C)C1CCC(C)CC1)C(C)(C)C. The van der Waals surface area contributed by atoms with Gasteiger partial charge in [0.1, 0.15) is 0 Å². The minimum Gasteiger partial charge on any atom is -0.313 e. The third kappa shape index (κ3) is 6.13. The zero-order chi connectivity index (χ0) is 15.2. The second-order valence-corrected chi connectivity index (χ2v) is 8.06. The molecule has 0 saturated heterocycles. The van der Waals surface area contributed by atoms with E-state index in [0.29, 0.717) is 11.5 Å². The van der Waals surface area contributed by atoms with Gasteiger partial charge in [0.25, 0.3) is 0 Å². The molecular formula is C18H38N2. The van der Waals surface area contributed by atoms with E-state index in [1.807, 2.05) is 0 Å². The van der Waals surface area contributed by atoms with Crippen molar-refractivity contribution in [2.45, 2.75) is 85.2 Å². The highest BCUT2D eigenvalue weighted by atomic mass is 15.1. The summed E-state index contributed by atoms with van der Waals surface area (Å²) in [4.78, 5) is 2.62. The maximum atomic E-state index is 3.75. The maximum absolute atomic E-state index is 3.75. The molecule has 1 fully saturated rings. The van der Waals surface area contributed by atoms with E-state index >= 15 is 0 Å². The van der Waals surface area contributed by atoms with E-state index in [2.05, 4.69) is 51.9 Å². The maximum Gasteiger partial charge on any atom is 0.0128 e. The van der Waals surface area contributed by atoms with Gasteiger partial charge in [-0.3, -0.25) is 0 Å². The third-order valence-electron chi connectivity index (χ3n) is 5.07. The topological polar surface area (TPSA) is 15.3 Å². The van der Waals surface area contributed by atoms with Gasteiger partial charge in [0, 0.05) is 12.1 Å². The molecule has 1 aliphatic rings. The molecule has 20 heavy (non-hydrogen) atoms. The molecule has 120 valence electrons. The molecule has 0 spiro atoms. The molecule has 0 aromatic rings. The van der Waals surface area contributed by atoms with Crippen LogP contribution in [0, 0.1) is 11.3 Å². The molecule has 0 aliphatic heterocycles. The third-order valence-corrected chi connectivity index (χ3v) is 5.07. The largest absolute Gasteiger partial charge is 0.313 e. The predicted molar refractivity (Wildman–Crippen MR) is 90.2 cm³/mol. The van der Waals surface area contributed by atoms with E-state index in [-0.39, 0.29) is 0 Å². The van der Waals surface area contributed by atoms with Crippen LogP contribution in [0.2, 0.25) is 0 Å². The molecule has 1 aliphatic carbocycles. The number of rotatable bonds is 7. The Morgan fingerprint density at radius 1 is 1.15 bits per heavy atom. The van der Waals surface area contributed by atoms with Crippen molar-refractivity contribution >= 4 is 0 Å². The lowest BCUT2D eigenvalue weighted by Gasteiger charge is -2.37. The molecule has 2 nitrogen and oxygen atoms in total. The molecule has 2 heteroatoms. The Morgan fingerprint density at radius 3 is 2.25 bits per heavy atom. The van der Waals surface area contributed by atoms with E-state index in [1.54, 1.807) is 0 Å². The van der Waals surface area contributed by atoms with Crippen LogP contribution in [-0.2, 0) is 0 Å². The number of nitrogens with one attached hydrogen (secondary N) is 1. The fourth-order valence-corrected chi connectivity index (χ4v) is 3.36. The van der Waals surface area contributed by atoms with Gasteiger partial charge in [0.05, 0.1) is 0 Å². The first-order chi connectivity index (χ1) is 9.34. The first-order valence-corrected chi connectivity index (χ1v) is 8.78. The fourth-order valence-electron chi connectivity index (χ4n) is 3.36. The van der Waals surface area contributed by atoms with Crippen LogP contribution in [-0.4, -0.2) is 37.1 Å². The van der Waals surface area contributed by atoms with Gasteiger partial charge in [-0.25, -0.2) is 0 Å². The van der Waals surface area contributed by atoms with Crippen molar-refractivity contribution < 1.29 is 0 Å². The van der Waals surface area contributed by atoms with Crippen molar-refractivity contribution in [2.24, 2.45) is 11.3 Å². The van der Waals surface area contributed by atoms with E-state index in [0.717, 1.165) is 18.5 Å². The molecule has 0 aromatic carbocycles. The smallest absolute Gasteiger partial charge is 0.0128 e. The monoisotopic (exact) mass is 282 g/mol. The van der Waals surface area contributed by atoms with Gasteiger partial charge < -0.3 is 10.2 Å². The molecule has 0 heterocycles. The normalized spacial score (nSPS) is 25.9. The first-order valence-electron chi connectivity index (χ1n) is 8.78. The molecule has 0 radical (unpaired) electrons. The molecule has 0 aromatic heterocycles. The lowest BCUT2D eigenvalue weighted by Crippen LogP contribution is -2.44. The summed E-state index contributed by atoms with van der Waals surface area (Å²) < 4.78 is 0. The lowest BCUT2D eigenvalue weighted by molar-refractivity contribution is 0.149. The van der Waals surface area contributed by atoms with Gasteiger partial charge in [0.2, 0.25) is 0 Å². The summed E-state index contributed by atoms with van der Waals surface area (Å²) >= 11 is 0. The minimum atomic E-state index is 0.358. The Hall–Kier alpha value is -0.0800. The molecule has 1 atom stereocenters. The predicted octanol–water partition coefficient (Wildman–Crippen LogP) is 4.30. The Bertz CT molecular complexity index is 249. The van der Waals surface area contributed by atoms with Gasteiger partial charge in [-0.1, -0.05) is 34.6 Å². The highest BCUT2D eigenvalue weighted by Crippen LogP contribution is 2.27. The van der Waals surface area contributed by atoms with Crippen LogP contribution < -0.4 is 5.32 Å². The van der Waals surface area contributed by atoms with Crippen LogP contribution in [0.3, 0.4) is 0 Å². The summed E-state index contributed by atoms with van der Waals surface area (Å²) in [5, 5.41) is 3.75. The van der Waals surface area contributed by atoms with Crippen molar-refractivity contribution in [1.29, 1.82) is 0 Å². The Morgan fingerprint density at radius 2 is 1.75 bits per heavy atom. The second kappa shape index (κ2) is 8.38. The van der Waals surface area contributed by atoms with Crippen molar-refractivity contribution in [2.75, 3.05) is 20.1 Å². The highest BCUT2D eigenvalue weighted by Gasteiger charge is 2.26. The van der Waals surface area contributed by atoms with Gasteiger partial charge in [-0.15, -0.1) is 0 Å². The number of nitrogens with zero attached hydrogens (tertiary/aromatic N) is 1. The summed E-state index contributed by atoms with van der Waals surface area (Å²) in [7, 11) is 2.33. The molecule has 1 unspecified atom stereocenters. The van der Waals surface area contributed by atoms with Crippen LogP contribution in [0.4, 0.5) is 0 Å². The fraction of sp³-hybridized carbons (Fsp3) is 1.00. The molecule has 0 bridgehead atoms. The molecule has 1 rings (SSSR count). The summed E-state index contributed by atoms with van der Waals surface area (Å²) in [5.41, 5.74) is 0.358. The standard InChI is InChI=1S/C18H38N2/c1-7-13-19-17(18(3,4)5)12-14-20(6)16-10-8-15(2)9-11-16/h15-17,19H,7-14H2,1-6H3. The second-order valence-electron chi connectivity index (χ2n) is 8.06. The molecular weight excluding hydrogens is 244 g/mol. The molecule has 1 N–H and O–H groups in total. The quantitative estimate of drug-likeness (QED) is 0.749. The van der Waals surface area contributed by atoms with Crippen molar-refractivity contribution in [1.82, 2.24) is 10.2 Å². The van der Waals surface area contributed by atoms with Gasteiger partial charge >= 0.3 is 0 Å². The van der Waals surface area contributed by atoms with Crippen LogP contribution in [0.5, 0.6) is 0 Å². The van der Waals surface area contributed by atoms with Crippen molar-refractivity contribution in [3.05, 3.63) is 0 Å². The van der Waals surface area contributed by atoms with E-state index in [9.17, 15) is 0 Å². The van der Waals surface area contributed by atoms with E-state index < -0.39 is 0 Å². The van der Waals surface area contributed by atoms with Crippen molar-refractivity contribution in [3.63, 3.8) is 0 Å². The van der Waals surface area contributed by atoms with E-state index in [1.165, 1.54) is 45.1 Å². The zero-order valence-electron chi connectivity index (χ0n) is 14.8. The lowest BCUT2D eigenvalue weighted by atomic mass is 9.83. The minimum absolute atomic E-state index is 0.358. The first kappa shape index (κ1) is 18.0. The molecule has 0 amide bonds. The Balaban J connectivity index is 2.38. The summed E-state index contributed by atoms with van der Waals surface area (Å²) in [6.45, 7) is 14.1. The van der Waals surface area contributed by atoms with Crippen LogP contribution in [0.1, 0.15) is 73.1 Å². The summed E-state index contributed by atoms with van der Waals surface area (Å²) in [6.07, 6.45) is 8.15. The van der Waals surface area contributed by atoms with E-state index in [4.69, 9.17) is 0 Å². The number of hydrogen-bond acceptors (Lipinski definition) is 2. The highest BCUT2D eigenvalue weighted by molar-refractivity contribution is 4.83. The Labute approximate surface area is 127 Å². The molecule has 1 saturated carbocycles. The average Bonchev–Trinajstić information content (AvgIpc) is 2.37. The van der Waals surface area contributed by atoms with Crippen LogP contribution >= 0.6 is 0 Å². The van der Waals surface area contributed by atoms with Crippen LogP contribution in [0.15, 0.2) is 0 Å². The van der Waals surface area contributed by atoms with Gasteiger partial charge in [-0.2, -0.15) is 0 Å². The van der Waals surface area contributed by atoms with Crippen LogP contribution in [0.25, 0.3) is 0 Å². The number of hydrogen-bond donors (Lipinski definition) is 1. The van der Waals surface area contributed by atoms with Gasteiger partial charge in [0.15, 0.2) is 0 Å².